The molecule has 0 spiro atoms. The van der Waals surface area contributed by atoms with Gasteiger partial charge in [-0.25, -0.2) is 0 Å². The minimum atomic E-state index is 0.0737. The van der Waals surface area contributed by atoms with E-state index in [4.69, 9.17) is 0 Å². The molecule has 172 valence electrons. The van der Waals surface area contributed by atoms with Crippen LogP contribution in [0.2, 0.25) is 0 Å². The second-order valence-electron chi connectivity index (χ2n) is 10.0. The fourth-order valence-electron chi connectivity index (χ4n) is 6.03. The van der Waals surface area contributed by atoms with E-state index in [2.05, 4.69) is 104 Å². The van der Waals surface area contributed by atoms with Gasteiger partial charge in [0.25, 0.3) is 5.91 Å². The molecule has 33 heavy (non-hydrogen) atoms. The molecule has 2 saturated heterocycles. The Labute approximate surface area is 197 Å². The number of amides is 1. The van der Waals surface area contributed by atoms with Crippen LogP contribution in [0.3, 0.4) is 0 Å². The summed E-state index contributed by atoms with van der Waals surface area (Å²) >= 11 is 0. The van der Waals surface area contributed by atoms with Gasteiger partial charge in [0.05, 0.1) is 5.56 Å². The van der Waals surface area contributed by atoms with Gasteiger partial charge in [-0.15, -0.1) is 0 Å². The van der Waals surface area contributed by atoms with E-state index in [1.807, 2.05) is 4.90 Å². The van der Waals surface area contributed by atoms with Crippen LogP contribution in [0.25, 0.3) is 10.8 Å². The lowest BCUT2D eigenvalue weighted by molar-refractivity contribution is 0.0642. The predicted octanol–water partition coefficient (Wildman–Crippen LogP) is 6.08. The Morgan fingerprint density at radius 3 is 2.33 bits per heavy atom. The summed E-state index contributed by atoms with van der Waals surface area (Å²) < 4.78 is 0. The maximum absolute atomic E-state index is 14.2. The molecule has 0 bridgehead atoms. The number of anilines is 1. The molecule has 0 unspecified atom stereocenters. The number of para-hydroxylation sites is 1. The van der Waals surface area contributed by atoms with Crippen molar-refractivity contribution in [1.82, 2.24) is 9.80 Å². The standard InChI is InChI=1S/C29H35N3O/c1-20(2)32(21(3)4)29(33)27-25-15-9-8-11-22(25)16-17-26(27)28-30-18-10-14-24(30)19-31(28)23-12-6-5-7-13-23/h5-9,11-13,15-17,20-21,24,28H,10,14,18-19H2,1-4H3/t24-,28+/m0/s1. The number of hydrogen-bond donors (Lipinski definition) is 0. The van der Waals surface area contributed by atoms with E-state index >= 15 is 0 Å². The number of rotatable bonds is 5. The van der Waals surface area contributed by atoms with Crippen molar-refractivity contribution in [3.63, 3.8) is 0 Å². The third-order valence-electron chi connectivity index (χ3n) is 7.33. The van der Waals surface area contributed by atoms with Gasteiger partial charge in [-0.1, -0.05) is 54.6 Å². The first-order valence-electron chi connectivity index (χ1n) is 12.4. The molecule has 5 rings (SSSR count). The average Bonchev–Trinajstić information content (AvgIpc) is 3.40. The summed E-state index contributed by atoms with van der Waals surface area (Å²) in [6, 6.07) is 24.3. The highest BCUT2D eigenvalue weighted by Gasteiger charge is 2.44. The molecule has 2 fully saturated rings. The van der Waals surface area contributed by atoms with E-state index in [1.54, 1.807) is 0 Å². The summed E-state index contributed by atoms with van der Waals surface area (Å²) in [5, 5.41) is 2.18. The summed E-state index contributed by atoms with van der Waals surface area (Å²) in [5.41, 5.74) is 3.24. The normalized spacial score (nSPS) is 20.7. The van der Waals surface area contributed by atoms with Crippen molar-refractivity contribution >= 4 is 22.4 Å². The van der Waals surface area contributed by atoms with Crippen molar-refractivity contribution in [1.29, 1.82) is 0 Å². The zero-order valence-electron chi connectivity index (χ0n) is 20.2. The molecule has 4 nitrogen and oxygen atoms in total. The lowest BCUT2D eigenvalue weighted by atomic mass is 9.94. The van der Waals surface area contributed by atoms with Gasteiger partial charge in [0.1, 0.15) is 6.17 Å². The number of benzene rings is 3. The lowest BCUT2D eigenvalue weighted by Crippen LogP contribution is -2.43. The zero-order valence-corrected chi connectivity index (χ0v) is 20.2. The summed E-state index contributed by atoms with van der Waals surface area (Å²) in [5.74, 6) is 0.141. The quantitative estimate of drug-likeness (QED) is 0.480. The molecule has 4 heteroatoms. The molecule has 1 amide bonds. The molecule has 0 aliphatic carbocycles. The minimum absolute atomic E-state index is 0.0737. The van der Waals surface area contributed by atoms with Crippen molar-refractivity contribution in [3.05, 3.63) is 77.9 Å². The second-order valence-corrected chi connectivity index (χ2v) is 10.0. The Kier molecular flexibility index (Phi) is 5.88. The maximum atomic E-state index is 14.2. The van der Waals surface area contributed by atoms with Crippen molar-refractivity contribution < 1.29 is 4.79 Å². The molecule has 3 aromatic carbocycles. The largest absolute Gasteiger partial charge is 0.350 e. The minimum Gasteiger partial charge on any atom is -0.350 e. The molecule has 0 aromatic heterocycles. The highest BCUT2D eigenvalue weighted by molar-refractivity contribution is 6.08. The number of hydrogen-bond acceptors (Lipinski definition) is 3. The molecule has 2 heterocycles. The highest BCUT2D eigenvalue weighted by atomic mass is 16.2. The molecular formula is C29H35N3O. The molecule has 3 aromatic rings. The van der Waals surface area contributed by atoms with E-state index in [0.29, 0.717) is 6.04 Å². The van der Waals surface area contributed by atoms with Gasteiger partial charge in [-0.2, -0.15) is 0 Å². The average molecular weight is 442 g/mol. The van der Waals surface area contributed by atoms with Crippen LogP contribution in [0.1, 0.15) is 62.6 Å². The molecule has 2 aliphatic heterocycles. The Morgan fingerprint density at radius 1 is 0.909 bits per heavy atom. The number of carbonyl (C=O) groups excluding carboxylic acids is 1. The van der Waals surface area contributed by atoms with Gasteiger partial charge < -0.3 is 9.80 Å². The fraction of sp³-hybridized carbons (Fsp3) is 0.414. The number of nitrogens with zero attached hydrogens (tertiary/aromatic N) is 3. The van der Waals surface area contributed by atoms with Gasteiger partial charge >= 0.3 is 0 Å². The monoisotopic (exact) mass is 441 g/mol. The maximum Gasteiger partial charge on any atom is 0.255 e. The molecule has 0 N–H and O–H groups in total. The highest BCUT2D eigenvalue weighted by Crippen LogP contribution is 2.44. The van der Waals surface area contributed by atoms with Crippen molar-refractivity contribution in [2.45, 2.75) is 64.8 Å². The van der Waals surface area contributed by atoms with E-state index in [0.717, 1.165) is 35.0 Å². The van der Waals surface area contributed by atoms with Crippen LogP contribution >= 0.6 is 0 Å². The van der Waals surface area contributed by atoms with Gasteiger partial charge in [-0.3, -0.25) is 9.69 Å². The molecule has 0 saturated carbocycles. The molecular weight excluding hydrogens is 406 g/mol. The molecule has 0 radical (unpaired) electrons. The van der Waals surface area contributed by atoms with Gasteiger partial charge in [0.2, 0.25) is 0 Å². The zero-order chi connectivity index (χ0) is 23.1. The Hall–Kier alpha value is -2.85. The van der Waals surface area contributed by atoms with Crippen LogP contribution < -0.4 is 4.90 Å². The van der Waals surface area contributed by atoms with Crippen molar-refractivity contribution in [3.8, 4) is 0 Å². The first kappa shape index (κ1) is 22.0. The summed E-state index contributed by atoms with van der Waals surface area (Å²) in [6.45, 7) is 10.6. The second kappa shape index (κ2) is 8.83. The third kappa shape index (κ3) is 3.80. The van der Waals surface area contributed by atoms with E-state index in [1.165, 1.54) is 18.5 Å². The SMILES string of the molecule is CC(C)N(C(=O)c1c([C@H]2N(c3ccccc3)C[C@@H]3CCCN32)ccc2ccccc12)C(C)C. The Morgan fingerprint density at radius 2 is 1.61 bits per heavy atom. The first-order valence-corrected chi connectivity index (χ1v) is 12.4. The topological polar surface area (TPSA) is 26.8 Å². The fourth-order valence-corrected chi connectivity index (χ4v) is 6.03. The van der Waals surface area contributed by atoms with E-state index in [-0.39, 0.29) is 24.2 Å². The Bertz CT molecular complexity index is 1130. The van der Waals surface area contributed by atoms with Crippen molar-refractivity contribution in [2.75, 3.05) is 18.0 Å². The Balaban J connectivity index is 1.71. The van der Waals surface area contributed by atoms with Crippen LogP contribution in [-0.4, -0.2) is 46.9 Å². The van der Waals surface area contributed by atoms with Crippen molar-refractivity contribution in [2.24, 2.45) is 0 Å². The number of carbonyl (C=O) groups is 1. The van der Waals surface area contributed by atoms with Crippen LogP contribution in [0.5, 0.6) is 0 Å². The van der Waals surface area contributed by atoms with Gasteiger partial charge in [0.15, 0.2) is 0 Å². The van der Waals surface area contributed by atoms with Gasteiger partial charge in [0, 0.05) is 42.5 Å². The molecule has 2 aliphatic rings. The van der Waals surface area contributed by atoms with Crippen LogP contribution in [-0.2, 0) is 0 Å². The van der Waals surface area contributed by atoms with E-state index in [9.17, 15) is 4.79 Å². The molecule has 2 atom stereocenters. The van der Waals surface area contributed by atoms with Crippen LogP contribution in [0, 0.1) is 0 Å². The number of fused-ring (bicyclic) bond motifs is 2. The lowest BCUT2D eigenvalue weighted by Gasteiger charge is -2.36. The van der Waals surface area contributed by atoms with Crippen LogP contribution in [0.4, 0.5) is 5.69 Å². The van der Waals surface area contributed by atoms with Crippen LogP contribution in [0.15, 0.2) is 66.7 Å². The predicted molar refractivity (Wildman–Crippen MR) is 137 cm³/mol. The van der Waals surface area contributed by atoms with E-state index < -0.39 is 0 Å². The summed E-state index contributed by atoms with van der Waals surface area (Å²) in [7, 11) is 0. The summed E-state index contributed by atoms with van der Waals surface area (Å²) in [6.07, 6.45) is 2.52. The third-order valence-corrected chi connectivity index (χ3v) is 7.33. The first-order chi connectivity index (χ1) is 16.0. The van der Waals surface area contributed by atoms with Gasteiger partial charge in [-0.05, 0) is 63.4 Å². The smallest absolute Gasteiger partial charge is 0.255 e. The summed E-state index contributed by atoms with van der Waals surface area (Å²) in [4.78, 5) is 21.4.